The molecular weight excluding hydrogens is 1710 g/mol. The lowest BCUT2D eigenvalue weighted by Crippen LogP contribution is -2.44. The highest BCUT2D eigenvalue weighted by molar-refractivity contribution is 5.85. The van der Waals surface area contributed by atoms with Crippen molar-refractivity contribution >= 4 is 76.1 Å². The molecule has 137 heavy (non-hydrogen) atoms. The molecule has 3 aliphatic heterocycles. The van der Waals surface area contributed by atoms with Crippen molar-refractivity contribution in [3.63, 3.8) is 0 Å². The first-order chi connectivity index (χ1) is 66.0. The Bertz CT molecular complexity index is 6660. The van der Waals surface area contributed by atoms with Gasteiger partial charge in [-0.2, -0.15) is 0 Å². The fraction of sp³-hybridized carbons (Fsp3) is 0.473. The number of nitrogens with zero attached hydrogens (tertiary/aromatic N) is 12. The van der Waals surface area contributed by atoms with Crippen molar-refractivity contribution in [1.82, 2.24) is 99.4 Å². The second-order valence-electron chi connectivity index (χ2n) is 38.5. The number of piperidine rings is 1. The Hall–Kier alpha value is -11.7. The fourth-order valence-corrected chi connectivity index (χ4v) is 18.5. The molecule has 0 spiro atoms. The molecule has 0 radical (unpaired) electrons. The average Bonchev–Trinajstić information content (AvgIpc) is 1.78. The van der Waals surface area contributed by atoms with Gasteiger partial charge >= 0.3 is 0 Å². The van der Waals surface area contributed by atoms with E-state index >= 15 is 0 Å². The van der Waals surface area contributed by atoms with E-state index in [1.165, 1.54) is 38.5 Å². The van der Waals surface area contributed by atoms with Gasteiger partial charge in [0.1, 0.15) is 29.1 Å². The Kier molecular flexibility index (Phi) is 40.7. The van der Waals surface area contributed by atoms with Crippen LogP contribution in [0.2, 0.25) is 0 Å². The summed E-state index contributed by atoms with van der Waals surface area (Å²) >= 11 is 0. The molecule has 0 amide bonds. The monoisotopic (exact) mass is 1860 g/mol. The van der Waals surface area contributed by atoms with Gasteiger partial charge in [0, 0.05) is 105 Å². The molecule has 27 heteroatoms. The van der Waals surface area contributed by atoms with Crippen LogP contribution in [0.3, 0.4) is 0 Å². The highest BCUT2D eigenvalue weighted by atomic mass is 16.2. The summed E-state index contributed by atoms with van der Waals surface area (Å²) in [6.07, 6.45) is 22.6. The van der Waals surface area contributed by atoms with Gasteiger partial charge in [0.2, 0.25) is 0 Å². The Morgan fingerprint density at radius 3 is 1.20 bits per heavy atom. The largest absolute Gasteiger partial charge is 0.326 e. The molecule has 732 valence electrons. The molecule has 1 aliphatic carbocycles. The second-order valence-corrected chi connectivity index (χ2v) is 38.5. The molecule has 7 aromatic carbocycles. The van der Waals surface area contributed by atoms with Crippen LogP contribution in [0, 0.1) is 27.7 Å². The van der Waals surface area contributed by atoms with Crippen molar-refractivity contribution in [2.75, 3.05) is 136 Å². The van der Waals surface area contributed by atoms with E-state index in [0.717, 1.165) is 267 Å². The summed E-state index contributed by atoms with van der Waals surface area (Å²) in [6.45, 7) is 21.8. The maximum Gasteiger partial charge on any atom is 0.258 e. The van der Waals surface area contributed by atoms with Gasteiger partial charge in [-0.1, -0.05) is 124 Å². The van der Waals surface area contributed by atoms with Crippen molar-refractivity contribution in [3.05, 3.63) is 293 Å². The van der Waals surface area contributed by atoms with E-state index in [-0.39, 0.29) is 38.9 Å². The number of aromatic amines is 7. The smallest absolute Gasteiger partial charge is 0.258 e. The predicted octanol–water partition coefficient (Wildman–Crippen LogP) is 15.8. The Morgan fingerprint density at radius 1 is 0.336 bits per heavy atom. The minimum atomic E-state index is -0.0487. The molecule has 7 aromatic heterocycles. The first-order valence-corrected chi connectivity index (χ1v) is 49.6. The Morgan fingerprint density at radius 2 is 0.723 bits per heavy atom. The molecule has 3 saturated heterocycles. The van der Waals surface area contributed by atoms with Gasteiger partial charge in [0.15, 0.2) is 0 Å². The minimum Gasteiger partial charge on any atom is -0.326 e. The number of nitrogens with one attached hydrogen (secondary N) is 8. The normalized spacial score (nSPS) is 16.5. The van der Waals surface area contributed by atoms with Crippen LogP contribution in [0.25, 0.3) is 76.1 Å². The maximum absolute atomic E-state index is 12.3. The lowest BCUT2D eigenvalue weighted by atomic mass is 9.83. The topological polar surface area (TPSA) is 329 Å². The average molecular weight is 1860 g/mol. The number of aromatic nitrogens is 12. The summed E-state index contributed by atoms with van der Waals surface area (Å²) in [7, 11) is 22.9. The number of H-pyrrole nitrogens is 7. The summed E-state index contributed by atoms with van der Waals surface area (Å²) in [6, 6.07) is 52.1. The highest BCUT2D eigenvalue weighted by Crippen LogP contribution is 2.37. The van der Waals surface area contributed by atoms with E-state index in [1.807, 2.05) is 215 Å². The zero-order valence-corrected chi connectivity index (χ0v) is 84.3. The van der Waals surface area contributed by atoms with E-state index in [1.54, 1.807) is 0 Å². The third-order valence-corrected chi connectivity index (χ3v) is 26.3. The van der Waals surface area contributed by atoms with Crippen molar-refractivity contribution in [2.24, 2.45) is 0 Å². The summed E-state index contributed by atoms with van der Waals surface area (Å²) in [5.41, 5.74) is 10.4. The van der Waals surface area contributed by atoms with Crippen LogP contribution >= 0.6 is 0 Å². The van der Waals surface area contributed by atoms with Crippen LogP contribution in [0.15, 0.2) is 191 Å². The Labute approximate surface area is 806 Å². The molecule has 4 aliphatic rings. The number of fused-ring (bicyclic) bond motifs is 9. The van der Waals surface area contributed by atoms with Crippen molar-refractivity contribution < 1.29 is 0 Å². The number of hydrogen-bond acceptors (Lipinski definition) is 20. The number of hydrogen-bond donors (Lipinski definition) is 8. The standard InChI is InChI=1S/C17H23N3O.C17H22N2O.C16H19N3O.C16H23N3O.C15H21N3O.C14H19N3O.C13H17N3O.C2H6/c1-19-9-11-20(12-10-19)8-4-6-15-13-14-5-2-3-7-16(14)17(21)18-15;1-19(2)14-9-7-12(8-10-14)16-11-13-5-3-4-6-15(13)17(20)18-16;1-9-3-2-4-13-14(9)18-15(19-16(13)20)10-7-11-5-6-12(8-10)17-11;1-12-8-7-9-13-15(12)17-14(18-16(13)20)10-5-4-6-11-19(2)3;1-18(2)11-7-3-4-10-14-16-13-9-6-5-8-12(13)15(19)17-14;1-10-6-4-7-11-13(10)15-12(16-14(11)18)8-5-9-17(2)3;1-9-5-4-6-10-12(9)14-11(15-13(10)17)7-8-16(2)3;1-2/h2-3,5,7,13H,4,6,8-12H2,1H3,(H,18,21);3-6,11-12,14H,7-10H2,1-2H3,(H,18,20);2-4,10-12,17H,5-8H2,1H3,(H,18,19,20);7-9H,4-6,10-11H2,1-3H3,(H,17,18,20);5-6,8-9H,3-4,7,10-11H2,1-2H3,(H,16,17,19);4,6-7H,5,8-9H2,1-3H3,(H,15,16,18);4-6H,7-8H2,1-3H3,(H,14,15,17);1-2H3. The highest BCUT2D eigenvalue weighted by Gasteiger charge is 2.35. The number of rotatable bonds is 26. The summed E-state index contributed by atoms with van der Waals surface area (Å²) in [5, 5.41) is 10.7. The van der Waals surface area contributed by atoms with E-state index in [0.29, 0.717) is 56.9 Å². The molecule has 14 aromatic rings. The number of benzene rings is 7. The predicted molar refractivity (Wildman–Crippen MR) is 565 cm³/mol. The Balaban J connectivity index is 0.000000153. The molecule has 18 rings (SSSR count). The zero-order valence-electron chi connectivity index (χ0n) is 84.3. The molecule has 4 fully saturated rings. The second kappa shape index (κ2) is 52.8. The number of piperazine rings is 1. The maximum atomic E-state index is 12.3. The van der Waals surface area contributed by atoms with E-state index in [4.69, 9.17) is 4.98 Å². The van der Waals surface area contributed by atoms with Crippen molar-refractivity contribution in [3.8, 4) is 0 Å². The number of aryl methyl sites for hydroxylation is 8. The van der Waals surface area contributed by atoms with Gasteiger partial charge in [-0.25, -0.2) is 24.9 Å². The fourth-order valence-electron chi connectivity index (χ4n) is 18.5. The summed E-state index contributed by atoms with van der Waals surface area (Å²) < 4.78 is 0. The van der Waals surface area contributed by atoms with E-state index < -0.39 is 0 Å². The molecule has 27 nitrogen and oxygen atoms in total. The van der Waals surface area contributed by atoms with E-state index in [2.05, 4.69) is 156 Å². The third-order valence-electron chi connectivity index (χ3n) is 26.3. The molecule has 2 bridgehead atoms. The molecule has 8 N–H and O–H groups in total. The van der Waals surface area contributed by atoms with Gasteiger partial charge in [0.05, 0.1) is 54.5 Å². The zero-order chi connectivity index (χ0) is 98.2. The first-order valence-electron chi connectivity index (χ1n) is 49.6. The van der Waals surface area contributed by atoms with Crippen LogP contribution in [-0.4, -0.2) is 249 Å². The number of para-hydroxylation sites is 5. The molecule has 2 atom stereocenters. The number of pyridine rings is 2. The minimum absolute atomic E-state index is 0.000389. The van der Waals surface area contributed by atoms with Gasteiger partial charge in [-0.15, -0.1) is 0 Å². The van der Waals surface area contributed by atoms with Crippen molar-refractivity contribution in [2.45, 2.75) is 206 Å². The molecule has 1 saturated carbocycles. The molecule has 10 heterocycles. The van der Waals surface area contributed by atoms with Gasteiger partial charge in [0.25, 0.3) is 38.9 Å². The van der Waals surface area contributed by atoms with Gasteiger partial charge in [-0.3, -0.25) is 33.6 Å². The van der Waals surface area contributed by atoms with Crippen molar-refractivity contribution in [1.29, 1.82) is 0 Å². The van der Waals surface area contributed by atoms with Gasteiger partial charge < -0.3 is 74.5 Å². The molecule has 2 unspecified atom stereocenters. The lowest BCUT2D eigenvalue weighted by Gasteiger charge is -2.32. The first kappa shape index (κ1) is 106. The van der Waals surface area contributed by atoms with Crippen LogP contribution in [0.1, 0.15) is 191 Å². The van der Waals surface area contributed by atoms with Crippen LogP contribution in [0.4, 0.5) is 0 Å². The number of unbranched alkanes of at least 4 members (excludes halogenated alkanes) is 4. The van der Waals surface area contributed by atoms with Crippen LogP contribution in [-0.2, 0) is 32.1 Å². The SMILES string of the molecule is CC.CN(C)C1CCC(c2cc3ccccc3c(=O)[nH]2)CC1.CN(C)CCCCCc1nc2ccccc2c(=O)[nH]1.CN1CCN(CCCc2cc3ccccc3c(=O)[nH]2)CC1.Cc1cccc2c(=O)[nH]c(C3CC4CCC(C3)N4)nc12.Cc1cccc2c(=O)[nH]c(CCCCCN(C)C)nc12.Cc1cccc2c(=O)[nH]c(CCCN(C)C)nc12.Cc1cccc2c(=O)[nH]c(CCN(C)C)nc12. The van der Waals surface area contributed by atoms with Crippen LogP contribution in [0.5, 0.6) is 0 Å². The van der Waals surface area contributed by atoms with E-state index in [9.17, 15) is 33.6 Å². The third kappa shape index (κ3) is 31.4. The molecular formula is C110H150N20O7. The van der Waals surface area contributed by atoms with Crippen LogP contribution < -0.4 is 44.2 Å². The lowest BCUT2D eigenvalue weighted by molar-refractivity contribution is 0.153. The van der Waals surface area contributed by atoms with Gasteiger partial charge in [-0.05, 0) is 327 Å². The summed E-state index contributed by atoms with van der Waals surface area (Å²) in [5.74, 6) is 4.92. The summed E-state index contributed by atoms with van der Waals surface area (Å²) in [4.78, 5) is 144. The quantitative estimate of drug-likeness (QED) is 0.0234. The number of likely N-dealkylation sites (N-methyl/N-ethyl adjacent to an activating group) is 2.